The number of hydrogen-bond donors (Lipinski definition) is 2. The van der Waals surface area contributed by atoms with Crippen molar-refractivity contribution in [3.63, 3.8) is 0 Å². The van der Waals surface area contributed by atoms with Gasteiger partial charge in [-0.2, -0.15) is 0 Å². The molecule has 1 rings (SSSR count). The van der Waals surface area contributed by atoms with E-state index in [0.29, 0.717) is 6.42 Å². The molecule has 6 heteroatoms. The first-order chi connectivity index (χ1) is 9.81. The summed E-state index contributed by atoms with van der Waals surface area (Å²) in [6, 6.07) is 0. The maximum absolute atomic E-state index is 10.9. The average Bonchev–Trinajstić information content (AvgIpc) is 2.42. The zero-order valence-electron chi connectivity index (χ0n) is 13.8. The summed E-state index contributed by atoms with van der Waals surface area (Å²) in [4.78, 5) is 18.1. The number of hydrogen-bond acceptors (Lipinski definition) is 5. The van der Waals surface area contributed by atoms with Crippen molar-refractivity contribution in [3.05, 3.63) is 0 Å². The number of carboxylic acids is 1. The molecule has 0 aliphatic carbocycles. The molecule has 0 aromatic rings. The lowest BCUT2D eigenvalue weighted by atomic mass is 9.96. The molecule has 1 aliphatic rings. The second-order valence-corrected chi connectivity index (χ2v) is 6.67. The Balaban J connectivity index is 2.09. The number of likely N-dealkylation sites (N-methyl/N-ethyl adjacent to an activating group) is 1. The smallest absolute Gasteiger partial charge is 0.323 e. The van der Waals surface area contributed by atoms with Crippen molar-refractivity contribution >= 4 is 5.97 Å². The summed E-state index contributed by atoms with van der Waals surface area (Å²) in [6.07, 6.45) is 2.45. The number of nitrogens with two attached hydrogens (primary N) is 1. The molecule has 0 saturated carbocycles. The maximum Gasteiger partial charge on any atom is 0.323 e. The summed E-state index contributed by atoms with van der Waals surface area (Å²) < 4.78 is 0. The minimum absolute atomic E-state index is 0.547. The quantitative estimate of drug-likeness (QED) is 0.590. The van der Waals surface area contributed by atoms with E-state index in [1.54, 1.807) is 6.92 Å². The Hall–Kier alpha value is -0.690. The number of aliphatic carboxylic acids is 1. The van der Waals surface area contributed by atoms with Crippen molar-refractivity contribution in [1.29, 1.82) is 0 Å². The molecule has 1 unspecified atom stereocenters. The van der Waals surface area contributed by atoms with Gasteiger partial charge in [0.2, 0.25) is 0 Å². The zero-order chi connectivity index (χ0) is 15.9. The standard InChI is InChI=1S/C15H32N4O2/c1-15(16,14(20)21)6-4-5-7-18-10-12-19(13-11-18)9-8-17(2)3/h4-13,16H2,1-3H3,(H,20,21). The van der Waals surface area contributed by atoms with Crippen LogP contribution in [0, 0.1) is 0 Å². The number of unbranched alkanes of at least 4 members (excludes halogenated alkanes) is 1. The lowest BCUT2D eigenvalue weighted by molar-refractivity contribution is -0.142. The van der Waals surface area contributed by atoms with Crippen molar-refractivity contribution in [3.8, 4) is 0 Å². The Labute approximate surface area is 128 Å². The number of carbonyl (C=O) groups is 1. The van der Waals surface area contributed by atoms with Crippen LogP contribution in [0.5, 0.6) is 0 Å². The topological polar surface area (TPSA) is 73.0 Å². The van der Waals surface area contributed by atoms with Crippen LogP contribution in [0.4, 0.5) is 0 Å². The summed E-state index contributed by atoms with van der Waals surface area (Å²) in [7, 11) is 4.22. The van der Waals surface area contributed by atoms with E-state index < -0.39 is 11.5 Å². The first-order valence-corrected chi connectivity index (χ1v) is 7.93. The molecular formula is C15H32N4O2. The minimum atomic E-state index is -1.08. The summed E-state index contributed by atoms with van der Waals surface area (Å²) in [6.45, 7) is 9.42. The molecule has 1 heterocycles. The van der Waals surface area contributed by atoms with Crippen molar-refractivity contribution in [2.75, 3.05) is 59.9 Å². The van der Waals surface area contributed by atoms with E-state index in [4.69, 9.17) is 10.8 Å². The third kappa shape index (κ3) is 7.22. The molecule has 0 aromatic carbocycles. The van der Waals surface area contributed by atoms with Crippen LogP contribution in [0.15, 0.2) is 0 Å². The van der Waals surface area contributed by atoms with E-state index in [1.165, 1.54) is 0 Å². The highest BCUT2D eigenvalue weighted by Crippen LogP contribution is 2.12. The van der Waals surface area contributed by atoms with Crippen molar-refractivity contribution < 1.29 is 9.90 Å². The minimum Gasteiger partial charge on any atom is -0.480 e. The monoisotopic (exact) mass is 300 g/mol. The molecule has 124 valence electrons. The number of piperazine rings is 1. The zero-order valence-corrected chi connectivity index (χ0v) is 13.8. The van der Waals surface area contributed by atoms with Crippen LogP contribution >= 0.6 is 0 Å². The van der Waals surface area contributed by atoms with E-state index in [2.05, 4.69) is 28.8 Å². The second kappa shape index (κ2) is 8.68. The van der Waals surface area contributed by atoms with Gasteiger partial charge in [0, 0.05) is 39.3 Å². The third-order valence-corrected chi connectivity index (χ3v) is 4.24. The number of rotatable bonds is 9. The van der Waals surface area contributed by atoms with Crippen molar-refractivity contribution in [2.24, 2.45) is 5.73 Å². The molecule has 6 nitrogen and oxygen atoms in total. The number of carboxylic acid groups (broad SMARTS) is 1. The van der Waals surface area contributed by atoms with Gasteiger partial charge in [-0.05, 0) is 46.8 Å². The van der Waals surface area contributed by atoms with E-state index in [1.807, 2.05) is 0 Å². The van der Waals surface area contributed by atoms with Gasteiger partial charge < -0.3 is 20.6 Å². The summed E-state index contributed by atoms with van der Waals surface area (Å²) in [5.41, 5.74) is 4.65. The SMILES string of the molecule is CN(C)CCN1CCN(CCCCC(C)(N)C(=O)O)CC1. The predicted octanol–water partition coefficient (Wildman–Crippen LogP) is 0.138. The first kappa shape index (κ1) is 18.4. The van der Waals surface area contributed by atoms with Crippen LogP contribution in [-0.4, -0.2) is 91.2 Å². The van der Waals surface area contributed by atoms with Gasteiger partial charge >= 0.3 is 5.97 Å². The van der Waals surface area contributed by atoms with Crippen LogP contribution in [0.1, 0.15) is 26.2 Å². The Morgan fingerprint density at radius 3 is 2.14 bits per heavy atom. The molecule has 1 saturated heterocycles. The average molecular weight is 300 g/mol. The highest BCUT2D eigenvalue weighted by molar-refractivity contribution is 5.77. The van der Waals surface area contributed by atoms with Crippen molar-refractivity contribution in [2.45, 2.75) is 31.7 Å². The predicted molar refractivity (Wildman–Crippen MR) is 85.5 cm³/mol. The van der Waals surface area contributed by atoms with Crippen LogP contribution in [0.25, 0.3) is 0 Å². The Bertz CT molecular complexity index is 313. The van der Waals surface area contributed by atoms with Gasteiger partial charge in [0.25, 0.3) is 0 Å². The number of nitrogens with zero attached hydrogens (tertiary/aromatic N) is 3. The van der Waals surface area contributed by atoms with Gasteiger partial charge in [0.05, 0.1) is 0 Å². The normalized spacial score (nSPS) is 20.6. The molecule has 1 aliphatic heterocycles. The molecule has 1 atom stereocenters. The van der Waals surface area contributed by atoms with Gasteiger partial charge in [-0.15, -0.1) is 0 Å². The van der Waals surface area contributed by atoms with E-state index in [0.717, 1.165) is 58.7 Å². The molecule has 21 heavy (non-hydrogen) atoms. The van der Waals surface area contributed by atoms with Crippen LogP contribution in [0.3, 0.4) is 0 Å². The van der Waals surface area contributed by atoms with Gasteiger partial charge in [0.1, 0.15) is 5.54 Å². The lowest BCUT2D eigenvalue weighted by Crippen LogP contribution is -2.48. The summed E-state index contributed by atoms with van der Waals surface area (Å²) in [5.74, 6) is -0.906. The fourth-order valence-electron chi connectivity index (χ4n) is 2.51. The van der Waals surface area contributed by atoms with Gasteiger partial charge in [-0.25, -0.2) is 0 Å². The molecule has 0 radical (unpaired) electrons. The van der Waals surface area contributed by atoms with Gasteiger partial charge in [0.15, 0.2) is 0 Å². The molecule has 0 amide bonds. The maximum atomic E-state index is 10.9. The van der Waals surface area contributed by atoms with Crippen molar-refractivity contribution in [1.82, 2.24) is 14.7 Å². The molecule has 3 N–H and O–H groups in total. The van der Waals surface area contributed by atoms with E-state index >= 15 is 0 Å². The molecular weight excluding hydrogens is 268 g/mol. The van der Waals surface area contributed by atoms with Crippen LogP contribution < -0.4 is 5.73 Å². The highest BCUT2D eigenvalue weighted by Gasteiger charge is 2.27. The molecule has 0 bridgehead atoms. The van der Waals surface area contributed by atoms with E-state index in [-0.39, 0.29) is 0 Å². The summed E-state index contributed by atoms with van der Waals surface area (Å²) in [5, 5.41) is 8.96. The molecule has 0 aromatic heterocycles. The summed E-state index contributed by atoms with van der Waals surface area (Å²) >= 11 is 0. The Morgan fingerprint density at radius 1 is 1.14 bits per heavy atom. The van der Waals surface area contributed by atoms with Gasteiger partial charge in [-0.1, -0.05) is 0 Å². The molecule has 0 spiro atoms. The second-order valence-electron chi connectivity index (χ2n) is 6.67. The first-order valence-electron chi connectivity index (χ1n) is 7.93. The fourth-order valence-corrected chi connectivity index (χ4v) is 2.51. The van der Waals surface area contributed by atoms with Crippen LogP contribution in [-0.2, 0) is 4.79 Å². The Morgan fingerprint density at radius 2 is 1.67 bits per heavy atom. The third-order valence-electron chi connectivity index (χ3n) is 4.24. The van der Waals surface area contributed by atoms with Crippen LogP contribution in [0.2, 0.25) is 0 Å². The Kier molecular flexibility index (Phi) is 7.59. The molecule has 1 fully saturated rings. The highest BCUT2D eigenvalue weighted by atomic mass is 16.4. The lowest BCUT2D eigenvalue weighted by Gasteiger charge is -2.35. The van der Waals surface area contributed by atoms with E-state index in [9.17, 15) is 4.79 Å². The fraction of sp³-hybridized carbons (Fsp3) is 0.933. The largest absolute Gasteiger partial charge is 0.480 e. The van der Waals surface area contributed by atoms with Gasteiger partial charge in [-0.3, -0.25) is 9.69 Å².